The van der Waals surface area contributed by atoms with Crippen molar-refractivity contribution in [3.05, 3.63) is 41.1 Å². The smallest absolute Gasteiger partial charge is 0.344 e. The number of ether oxygens (including phenoxy) is 1. The summed E-state index contributed by atoms with van der Waals surface area (Å²) in [6, 6.07) is 9.71. The van der Waals surface area contributed by atoms with Gasteiger partial charge in [-0.25, -0.2) is 9.78 Å². The van der Waals surface area contributed by atoms with Crippen LogP contribution in [0.1, 0.15) is 28.5 Å². The molecule has 0 amide bonds. The van der Waals surface area contributed by atoms with E-state index in [0.717, 1.165) is 44.0 Å². The summed E-state index contributed by atoms with van der Waals surface area (Å²) >= 11 is 0. The molecule has 1 fully saturated rings. The van der Waals surface area contributed by atoms with Crippen LogP contribution in [0.5, 0.6) is 0 Å². The van der Waals surface area contributed by atoms with Crippen molar-refractivity contribution in [1.29, 1.82) is 5.26 Å². The second-order valence-electron chi connectivity index (χ2n) is 6.61. The Labute approximate surface area is 164 Å². The first-order valence-corrected chi connectivity index (χ1v) is 9.27. The van der Waals surface area contributed by atoms with E-state index < -0.39 is 5.97 Å². The van der Waals surface area contributed by atoms with Gasteiger partial charge in [-0.15, -0.1) is 0 Å². The van der Waals surface area contributed by atoms with Gasteiger partial charge in [0.2, 0.25) is 5.95 Å². The molecule has 0 aliphatic carbocycles. The molecule has 146 valence electrons. The molecule has 0 atom stereocenters. The van der Waals surface area contributed by atoms with E-state index in [2.05, 4.69) is 27.1 Å². The van der Waals surface area contributed by atoms with Crippen LogP contribution in [0.25, 0.3) is 0 Å². The second kappa shape index (κ2) is 8.67. The highest BCUT2D eigenvalue weighted by Crippen LogP contribution is 2.25. The van der Waals surface area contributed by atoms with E-state index in [4.69, 9.17) is 4.74 Å². The van der Waals surface area contributed by atoms with Crippen molar-refractivity contribution in [1.82, 2.24) is 14.9 Å². The molecular formula is C20H24N6O2. The van der Waals surface area contributed by atoms with Crippen LogP contribution in [0.2, 0.25) is 0 Å². The van der Waals surface area contributed by atoms with E-state index in [9.17, 15) is 10.1 Å². The van der Waals surface area contributed by atoms with E-state index in [0.29, 0.717) is 5.95 Å². The van der Waals surface area contributed by atoms with E-state index in [1.165, 1.54) is 7.11 Å². The molecule has 1 aliphatic heterocycles. The minimum absolute atomic E-state index is 0.00406. The lowest BCUT2D eigenvalue weighted by Crippen LogP contribution is -2.46. The minimum atomic E-state index is -0.645. The standard InChI is InChI=1S/C20H24N6O2/c1-4-25-9-11-26(12-10-25)20-23-16(13-21)17(19(27)28-3)18(24-20)22-15-7-5-14(2)6-8-15/h5-8H,4,9-12H2,1-3H3,(H,22,23,24). The number of carbonyl (C=O) groups excluding carboxylic acids is 1. The van der Waals surface area contributed by atoms with Gasteiger partial charge in [0.1, 0.15) is 11.6 Å². The van der Waals surface area contributed by atoms with Gasteiger partial charge in [0.05, 0.1) is 7.11 Å². The van der Waals surface area contributed by atoms with E-state index in [1.807, 2.05) is 42.2 Å². The summed E-state index contributed by atoms with van der Waals surface area (Å²) in [6.07, 6.45) is 0. The zero-order valence-corrected chi connectivity index (χ0v) is 16.4. The summed E-state index contributed by atoms with van der Waals surface area (Å²) in [5.74, 6) is 0.0678. The lowest BCUT2D eigenvalue weighted by atomic mass is 10.2. The third-order valence-electron chi connectivity index (χ3n) is 4.81. The summed E-state index contributed by atoms with van der Waals surface area (Å²) in [4.78, 5) is 25.6. The van der Waals surface area contributed by atoms with Crippen molar-refractivity contribution < 1.29 is 9.53 Å². The Balaban J connectivity index is 2.00. The molecule has 2 heterocycles. The molecule has 28 heavy (non-hydrogen) atoms. The third-order valence-corrected chi connectivity index (χ3v) is 4.81. The number of hydrogen-bond acceptors (Lipinski definition) is 8. The highest BCUT2D eigenvalue weighted by molar-refractivity contribution is 5.97. The minimum Gasteiger partial charge on any atom is -0.465 e. The summed E-state index contributed by atoms with van der Waals surface area (Å²) in [6.45, 7) is 8.47. The van der Waals surface area contributed by atoms with Gasteiger partial charge in [-0.2, -0.15) is 10.2 Å². The first kappa shape index (κ1) is 19.6. The monoisotopic (exact) mass is 380 g/mol. The second-order valence-corrected chi connectivity index (χ2v) is 6.61. The van der Waals surface area contributed by atoms with Crippen LogP contribution in [0, 0.1) is 18.3 Å². The van der Waals surface area contributed by atoms with Gasteiger partial charge in [-0.3, -0.25) is 0 Å². The molecule has 0 radical (unpaired) electrons. The topological polar surface area (TPSA) is 94.4 Å². The molecule has 1 saturated heterocycles. The molecule has 1 aromatic carbocycles. The number of nitrogens with one attached hydrogen (secondary N) is 1. The first-order valence-electron chi connectivity index (χ1n) is 9.27. The van der Waals surface area contributed by atoms with Crippen LogP contribution in [0.15, 0.2) is 24.3 Å². The number of likely N-dealkylation sites (N-methyl/N-ethyl adjacent to an activating group) is 1. The Bertz CT molecular complexity index is 883. The largest absolute Gasteiger partial charge is 0.465 e. The quantitative estimate of drug-likeness (QED) is 0.790. The average molecular weight is 380 g/mol. The highest BCUT2D eigenvalue weighted by atomic mass is 16.5. The number of methoxy groups -OCH3 is 1. The maximum absolute atomic E-state index is 12.3. The van der Waals surface area contributed by atoms with Crippen LogP contribution in [0.4, 0.5) is 17.5 Å². The first-order chi connectivity index (χ1) is 13.5. The van der Waals surface area contributed by atoms with Crippen molar-refractivity contribution >= 4 is 23.4 Å². The predicted molar refractivity (Wildman–Crippen MR) is 107 cm³/mol. The summed E-state index contributed by atoms with van der Waals surface area (Å²) in [5.41, 5.74) is 1.93. The zero-order valence-electron chi connectivity index (χ0n) is 16.4. The summed E-state index contributed by atoms with van der Waals surface area (Å²) in [5, 5.41) is 12.7. The maximum Gasteiger partial charge on any atom is 0.344 e. The van der Waals surface area contributed by atoms with E-state index in [-0.39, 0.29) is 17.1 Å². The van der Waals surface area contributed by atoms with Crippen LogP contribution in [-0.2, 0) is 4.74 Å². The Kier molecular flexibility index (Phi) is 6.06. The Morgan fingerprint density at radius 3 is 2.46 bits per heavy atom. The fourth-order valence-corrected chi connectivity index (χ4v) is 3.09. The Hall–Kier alpha value is -3.18. The molecule has 3 rings (SSSR count). The number of piperazine rings is 1. The number of nitrogens with zero attached hydrogens (tertiary/aromatic N) is 5. The van der Waals surface area contributed by atoms with Gasteiger partial charge in [-0.1, -0.05) is 24.6 Å². The molecule has 0 bridgehead atoms. The molecule has 1 aliphatic rings. The lowest BCUT2D eigenvalue weighted by Gasteiger charge is -2.34. The molecule has 0 spiro atoms. The molecule has 8 nitrogen and oxygen atoms in total. The fraction of sp³-hybridized carbons (Fsp3) is 0.400. The zero-order chi connectivity index (χ0) is 20.1. The van der Waals surface area contributed by atoms with Crippen molar-refractivity contribution in [2.24, 2.45) is 0 Å². The van der Waals surface area contributed by atoms with E-state index in [1.54, 1.807) is 0 Å². The van der Waals surface area contributed by atoms with Crippen LogP contribution >= 0.6 is 0 Å². The Morgan fingerprint density at radius 1 is 1.21 bits per heavy atom. The number of esters is 1. The maximum atomic E-state index is 12.3. The van der Waals surface area contributed by atoms with Gasteiger partial charge in [-0.05, 0) is 25.6 Å². The summed E-state index contributed by atoms with van der Waals surface area (Å²) < 4.78 is 4.86. The third kappa shape index (κ3) is 4.21. The average Bonchev–Trinajstić information content (AvgIpc) is 2.74. The molecule has 2 aromatic rings. The van der Waals surface area contributed by atoms with Crippen molar-refractivity contribution in [2.45, 2.75) is 13.8 Å². The normalized spacial score (nSPS) is 14.4. The van der Waals surface area contributed by atoms with E-state index >= 15 is 0 Å². The molecule has 1 N–H and O–H groups in total. The van der Waals surface area contributed by atoms with Gasteiger partial charge in [0.15, 0.2) is 11.5 Å². The van der Waals surface area contributed by atoms with Gasteiger partial charge >= 0.3 is 5.97 Å². The molecule has 1 aromatic heterocycles. The van der Waals surface area contributed by atoms with Crippen molar-refractivity contribution in [2.75, 3.05) is 50.1 Å². The van der Waals surface area contributed by atoms with Gasteiger partial charge in [0, 0.05) is 31.9 Å². The van der Waals surface area contributed by atoms with Crippen molar-refractivity contribution in [3.8, 4) is 6.07 Å². The molecule has 0 saturated carbocycles. The van der Waals surface area contributed by atoms with Crippen LogP contribution in [0.3, 0.4) is 0 Å². The molecule has 0 unspecified atom stereocenters. The number of nitriles is 1. The number of benzene rings is 1. The summed E-state index contributed by atoms with van der Waals surface area (Å²) in [7, 11) is 1.27. The van der Waals surface area contributed by atoms with Crippen LogP contribution in [-0.4, -0.2) is 60.7 Å². The Morgan fingerprint density at radius 2 is 1.89 bits per heavy atom. The van der Waals surface area contributed by atoms with Crippen molar-refractivity contribution in [3.63, 3.8) is 0 Å². The number of rotatable bonds is 5. The lowest BCUT2D eigenvalue weighted by molar-refractivity contribution is 0.0600. The SMILES string of the molecule is CCN1CCN(c2nc(C#N)c(C(=O)OC)c(Nc3ccc(C)cc3)n2)CC1. The number of hydrogen-bond donors (Lipinski definition) is 1. The fourth-order valence-electron chi connectivity index (χ4n) is 3.09. The van der Waals surface area contributed by atoms with Gasteiger partial charge < -0.3 is 19.9 Å². The number of aromatic nitrogens is 2. The number of carbonyl (C=O) groups is 1. The highest BCUT2D eigenvalue weighted by Gasteiger charge is 2.25. The number of anilines is 3. The van der Waals surface area contributed by atoms with Crippen LogP contribution < -0.4 is 10.2 Å². The molecule has 8 heteroatoms. The predicted octanol–water partition coefficient (Wildman–Crippen LogP) is 2.33. The number of aryl methyl sites for hydroxylation is 1. The van der Waals surface area contributed by atoms with Gasteiger partial charge in [0.25, 0.3) is 0 Å². The molecular weight excluding hydrogens is 356 g/mol.